The number of anilines is 1. The van der Waals surface area contributed by atoms with Gasteiger partial charge in [0.2, 0.25) is 5.95 Å². The highest BCUT2D eigenvalue weighted by Gasteiger charge is 2.39. The van der Waals surface area contributed by atoms with Crippen LogP contribution in [-0.4, -0.2) is 32.9 Å². The summed E-state index contributed by atoms with van der Waals surface area (Å²) in [4.78, 5) is 28.0. The molecule has 0 saturated carbocycles. The summed E-state index contributed by atoms with van der Waals surface area (Å²) in [5, 5.41) is 3.65. The molecule has 0 radical (unpaired) electrons. The fraction of sp³-hybridized carbons (Fsp3) is 0.222. The maximum Gasteiger partial charge on any atom is 0.306 e. The Labute approximate surface area is 206 Å². The normalized spacial score (nSPS) is 17.2. The number of rotatable bonds is 6. The molecular formula is C27H23FN6O2. The van der Waals surface area contributed by atoms with Gasteiger partial charge in [0.15, 0.2) is 0 Å². The van der Waals surface area contributed by atoms with Gasteiger partial charge in [-0.2, -0.15) is 4.98 Å². The molecular weight excluding hydrogens is 459 g/mol. The number of oxazole rings is 1. The molecule has 1 aliphatic carbocycles. The van der Waals surface area contributed by atoms with Crippen molar-refractivity contribution < 1.29 is 8.81 Å². The predicted octanol–water partition coefficient (Wildman–Crippen LogP) is 5.62. The van der Waals surface area contributed by atoms with E-state index in [2.05, 4.69) is 21.2 Å². The van der Waals surface area contributed by atoms with Gasteiger partial charge in [-0.1, -0.05) is 29.4 Å². The van der Waals surface area contributed by atoms with Crippen molar-refractivity contribution in [2.45, 2.75) is 24.8 Å². The average molecular weight is 483 g/mol. The summed E-state index contributed by atoms with van der Waals surface area (Å²) < 4.78 is 20.9. The van der Waals surface area contributed by atoms with Crippen LogP contribution in [0.25, 0.3) is 28.5 Å². The highest BCUT2D eigenvalue weighted by Crippen LogP contribution is 2.40. The predicted molar refractivity (Wildman–Crippen MR) is 134 cm³/mol. The number of benzene rings is 2. The van der Waals surface area contributed by atoms with Crippen molar-refractivity contribution in [2.75, 3.05) is 18.5 Å². The van der Waals surface area contributed by atoms with E-state index in [0.717, 1.165) is 29.5 Å². The van der Waals surface area contributed by atoms with Gasteiger partial charge < -0.3 is 9.32 Å². The molecule has 3 aromatic heterocycles. The zero-order valence-electron chi connectivity index (χ0n) is 19.6. The lowest BCUT2D eigenvalue weighted by Gasteiger charge is -2.36. The van der Waals surface area contributed by atoms with E-state index in [4.69, 9.17) is 9.40 Å². The average Bonchev–Trinajstić information content (AvgIpc) is 3.51. The quantitative estimate of drug-likeness (QED) is 0.292. The molecule has 0 bridgehead atoms. The Hall–Kier alpha value is -4.40. The van der Waals surface area contributed by atoms with Crippen LogP contribution in [0, 0.1) is 10.7 Å². The Morgan fingerprint density at radius 3 is 2.81 bits per heavy atom. The SMILES string of the molecule is CN(CC1(N=O)CCCc2ccccc21)c1nccc(-c2c(-c3ccc(F)cc3)nc3occn23)n1. The number of hydrogen-bond acceptors (Lipinski definition) is 7. The van der Waals surface area contributed by atoms with Gasteiger partial charge >= 0.3 is 5.84 Å². The molecule has 6 rings (SSSR count). The molecule has 0 saturated heterocycles. The maximum atomic E-state index is 13.6. The number of imidazole rings is 1. The van der Waals surface area contributed by atoms with Crippen LogP contribution in [0.2, 0.25) is 0 Å². The first-order valence-electron chi connectivity index (χ1n) is 11.8. The Morgan fingerprint density at radius 2 is 1.97 bits per heavy atom. The third kappa shape index (κ3) is 3.64. The minimum atomic E-state index is -0.864. The van der Waals surface area contributed by atoms with Crippen LogP contribution < -0.4 is 4.90 Å². The van der Waals surface area contributed by atoms with E-state index in [1.807, 2.05) is 30.1 Å². The molecule has 5 aromatic rings. The molecule has 36 heavy (non-hydrogen) atoms. The molecule has 2 aromatic carbocycles. The minimum Gasteiger partial charge on any atom is -0.432 e. The number of aromatic nitrogens is 4. The molecule has 0 aliphatic heterocycles. The second kappa shape index (κ2) is 8.67. The lowest BCUT2D eigenvalue weighted by molar-refractivity contribution is 0.375. The molecule has 0 N–H and O–H groups in total. The van der Waals surface area contributed by atoms with Crippen LogP contribution in [0.15, 0.2) is 82.8 Å². The molecule has 0 spiro atoms. The fourth-order valence-electron chi connectivity index (χ4n) is 5.15. The number of nitroso groups, excluding NO2 is 1. The molecule has 1 aliphatic rings. The largest absolute Gasteiger partial charge is 0.432 e. The highest BCUT2D eigenvalue weighted by molar-refractivity contribution is 5.79. The van der Waals surface area contributed by atoms with E-state index in [9.17, 15) is 9.30 Å². The van der Waals surface area contributed by atoms with E-state index < -0.39 is 5.54 Å². The van der Waals surface area contributed by atoms with Gasteiger partial charge in [0.1, 0.15) is 29.0 Å². The number of aryl methyl sites for hydroxylation is 1. The summed E-state index contributed by atoms with van der Waals surface area (Å²) in [6, 6.07) is 16.0. The summed E-state index contributed by atoms with van der Waals surface area (Å²) in [5.74, 6) is 0.541. The van der Waals surface area contributed by atoms with E-state index in [1.165, 1.54) is 12.1 Å². The van der Waals surface area contributed by atoms with E-state index in [0.29, 0.717) is 41.8 Å². The third-order valence-corrected chi connectivity index (χ3v) is 6.84. The first-order chi connectivity index (χ1) is 17.6. The van der Waals surface area contributed by atoms with Gasteiger partial charge in [0, 0.05) is 25.0 Å². The first-order valence-corrected chi connectivity index (χ1v) is 11.8. The number of nitrogens with zero attached hydrogens (tertiary/aromatic N) is 6. The molecule has 0 fully saturated rings. The van der Waals surface area contributed by atoms with E-state index in [1.54, 1.807) is 41.3 Å². The number of fused-ring (bicyclic) bond motifs is 2. The molecule has 1 unspecified atom stereocenters. The third-order valence-electron chi connectivity index (χ3n) is 6.84. The van der Waals surface area contributed by atoms with E-state index >= 15 is 0 Å². The maximum absolute atomic E-state index is 13.6. The highest BCUT2D eigenvalue weighted by atomic mass is 19.1. The van der Waals surface area contributed by atoms with Gasteiger partial charge in [0.25, 0.3) is 0 Å². The standard InChI is InChI=1S/C27H23FN6O2/c1-33(17-27(32-35)13-4-6-18-5-2-3-7-21(18)27)25-29-14-12-22(30-25)24-23(19-8-10-20(28)11-9-19)31-26-34(24)15-16-36-26/h2-3,5,7-12,14-16H,4,6,13,17H2,1H3. The van der Waals surface area contributed by atoms with Crippen molar-refractivity contribution in [3.63, 3.8) is 0 Å². The molecule has 3 heterocycles. The zero-order chi connectivity index (χ0) is 24.7. The number of hydrogen-bond donors (Lipinski definition) is 0. The smallest absolute Gasteiger partial charge is 0.306 e. The summed E-state index contributed by atoms with van der Waals surface area (Å²) in [5.41, 5.74) is 3.96. The van der Waals surface area contributed by atoms with E-state index in [-0.39, 0.29) is 5.82 Å². The van der Waals surface area contributed by atoms with Crippen molar-refractivity contribution in [2.24, 2.45) is 5.18 Å². The van der Waals surface area contributed by atoms with Crippen molar-refractivity contribution in [3.05, 3.63) is 95.1 Å². The van der Waals surface area contributed by atoms with Gasteiger partial charge in [0.05, 0.1) is 12.2 Å². The first kappa shape index (κ1) is 22.1. The molecule has 9 heteroatoms. The van der Waals surface area contributed by atoms with Crippen molar-refractivity contribution >= 4 is 11.8 Å². The summed E-state index contributed by atoms with van der Waals surface area (Å²) >= 11 is 0. The summed E-state index contributed by atoms with van der Waals surface area (Å²) in [7, 11) is 1.87. The van der Waals surface area contributed by atoms with Crippen molar-refractivity contribution in [1.29, 1.82) is 0 Å². The van der Waals surface area contributed by atoms with Crippen LogP contribution in [0.5, 0.6) is 0 Å². The minimum absolute atomic E-state index is 0.323. The second-order valence-electron chi connectivity index (χ2n) is 9.10. The lowest BCUT2D eigenvalue weighted by atomic mass is 9.77. The topological polar surface area (TPSA) is 88.9 Å². The van der Waals surface area contributed by atoms with Crippen LogP contribution in [-0.2, 0) is 12.0 Å². The molecule has 1 atom stereocenters. The molecule has 0 amide bonds. The van der Waals surface area contributed by atoms with Gasteiger partial charge in [-0.15, -0.1) is 4.91 Å². The Balaban J connectivity index is 1.39. The Morgan fingerprint density at radius 1 is 1.14 bits per heavy atom. The van der Waals surface area contributed by atoms with Gasteiger partial charge in [-0.25, -0.2) is 14.4 Å². The summed E-state index contributed by atoms with van der Waals surface area (Å²) in [6.07, 6.45) is 7.50. The van der Waals surface area contributed by atoms with Crippen LogP contribution in [0.1, 0.15) is 24.0 Å². The Bertz CT molecular complexity index is 1560. The van der Waals surface area contributed by atoms with Crippen LogP contribution in [0.4, 0.5) is 10.3 Å². The fourth-order valence-corrected chi connectivity index (χ4v) is 5.15. The number of likely N-dealkylation sites (N-methyl/N-ethyl adjacent to an activating group) is 1. The van der Waals surface area contributed by atoms with Crippen LogP contribution >= 0.6 is 0 Å². The zero-order valence-corrected chi connectivity index (χ0v) is 19.6. The van der Waals surface area contributed by atoms with Gasteiger partial charge in [-0.05, 0) is 60.7 Å². The van der Waals surface area contributed by atoms with Crippen LogP contribution in [0.3, 0.4) is 0 Å². The van der Waals surface area contributed by atoms with Crippen molar-refractivity contribution in [3.8, 4) is 22.6 Å². The lowest BCUT2D eigenvalue weighted by Crippen LogP contribution is -2.40. The summed E-state index contributed by atoms with van der Waals surface area (Å²) in [6.45, 7) is 0.356. The van der Waals surface area contributed by atoms with Crippen molar-refractivity contribution in [1.82, 2.24) is 19.4 Å². The molecule has 8 nitrogen and oxygen atoms in total. The monoisotopic (exact) mass is 482 g/mol. The Kier molecular flexibility index (Phi) is 5.32. The van der Waals surface area contributed by atoms with Gasteiger partial charge in [-0.3, -0.25) is 4.40 Å². The number of halogens is 1. The molecule has 180 valence electrons. The second-order valence-corrected chi connectivity index (χ2v) is 9.10.